The highest BCUT2D eigenvalue weighted by Crippen LogP contribution is 2.22. The zero-order chi connectivity index (χ0) is 14.0. The lowest BCUT2D eigenvalue weighted by Gasteiger charge is -2.08. The number of carbonyl (C=O) groups is 1. The Hall–Kier alpha value is -2.08. The van der Waals surface area contributed by atoms with Crippen LogP contribution in [-0.2, 0) is 6.54 Å². The van der Waals surface area contributed by atoms with E-state index in [0.717, 1.165) is 0 Å². The molecule has 0 atom stereocenters. The lowest BCUT2D eigenvalue weighted by molar-refractivity contribution is 0.100. The predicted octanol–water partition coefficient (Wildman–Crippen LogP) is 2.05. The van der Waals surface area contributed by atoms with Crippen LogP contribution in [0, 0.1) is 13.8 Å². The fraction of sp³-hybridized carbons (Fsp3) is 0.231. The highest BCUT2D eigenvalue weighted by Gasteiger charge is 2.10. The van der Waals surface area contributed by atoms with Crippen molar-refractivity contribution in [2.75, 3.05) is 11.1 Å². The molecule has 0 bridgehead atoms. The summed E-state index contributed by atoms with van der Waals surface area (Å²) in [6.45, 7) is 4.77. The Morgan fingerprint density at radius 3 is 2.74 bits per heavy atom. The molecule has 0 aliphatic heterocycles. The number of primary amides is 1. The van der Waals surface area contributed by atoms with Crippen LogP contribution in [0.15, 0.2) is 18.3 Å². The molecule has 2 aromatic rings. The molecule has 2 rings (SSSR count). The van der Waals surface area contributed by atoms with Crippen molar-refractivity contribution in [3.8, 4) is 0 Å². The largest absolute Gasteiger partial charge is 0.397 e. The first-order chi connectivity index (χ1) is 8.97. The third kappa shape index (κ3) is 3.03. The van der Waals surface area contributed by atoms with Gasteiger partial charge in [-0.25, -0.2) is 4.98 Å². The summed E-state index contributed by atoms with van der Waals surface area (Å²) >= 11 is 1.72. The maximum Gasteiger partial charge on any atom is 0.252 e. The molecule has 2 heterocycles. The van der Waals surface area contributed by atoms with Crippen LogP contribution in [0.4, 0.5) is 11.5 Å². The molecule has 0 saturated carbocycles. The number of hydrogen-bond donors (Lipinski definition) is 3. The van der Waals surface area contributed by atoms with Gasteiger partial charge in [0, 0.05) is 9.75 Å². The van der Waals surface area contributed by atoms with Crippen molar-refractivity contribution in [1.29, 1.82) is 0 Å². The van der Waals surface area contributed by atoms with E-state index >= 15 is 0 Å². The number of rotatable bonds is 4. The van der Waals surface area contributed by atoms with Gasteiger partial charge >= 0.3 is 0 Å². The van der Waals surface area contributed by atoms with Gasteiger partial charge in [-0.05, 0) is 31.5 Å². The van der Waals surface area contributed by atoms with Crippen molar-refractivity contribution >= 4 is 28.7 Å². The molecule has 0 fully saturated rings. The Morgan fingerprint density at radius 2 is 2.16 bits per heavy atom. The fourth-order valence-electron chi connectivity index (χ4n) is 1.72. The van der Waals surface area contributed by atoms with Crippen LogP contribution in [0.1, 0.15) is 25.7 Å². The summed E-state index contributed by atoms with van der Waals surface area (Å²) in [5, 5.41) is 3.12. The van der Waals surface area contributed by atoms with E-state index in [1.807, 2.05) is 0 Å². The SMILES string of the molecule is Cc1cc(CNc2ncc(N)cc2C(N)=O)sc1C. The van der Waals surface area contributed by atoms with Gasteiger partial charge in [0.25, 0.3) is 5.91 Å². The summed E-state index contributed by atoms with van der Waals surface area (Å²) in [7, 11) is 0. The molecule has 5 nitrogen and oxygen atoms in total. The van der Waals surface area contributed by atoms with Gasteiger partial charge < -0.3 is 16.8 Å². The van der Waals surface area contributed by atoms with E-state index in [1.54, 1.807) is 11.3 Å². The van der Waals surface area contributed by atoms with E-state index in [0.29, 0.717) is 23.6 Å². The molecular formula is C13H16N4OS. The average molecular weight is 276 g/mol. The molecule has 100 valence electrons. The molecule has 5 N–H and O–H groups in total. The Morgan fingerprint density at radius 1 is 1.42 bits per heavy atom. The summed E-state index contributed by atoms with van der Waals surface area (Å²) in [4.78, 5) is 17.9. The van der Waals surface area contributed by atoms with Crippen molar-refractivity contribution in [3.63, 3.8) is 0 Å². The number of anilines is 2. The van der Waals surface area contributed by atoms with Gasteiger partial charge in [-0.2, -0.15) is 0 Å². The van der Waals surface area contributed by atoms with Gasteiger partial charge in [0.1, 0.15) is 5.82 Å². The molecule has 0 aliphatic carbocycles. The van der Waals surface area contributed by atoms with Crippen LogP contribution < -0.4 is 16.8 Å². The van der Waals surface area contributed by atoms with E-state index in [1.165, 1.54) is 27.6 Å². The van der Waals surface area contributed by atoms with Crippen LogP contribution in [0.25, 0.3) is 0 Å². The third-order valence-electron chi connectivity index (χ3n) is 2.82. The van der Waals surface area contributed by atoms with Crippen molar-refractivity contribution in [1.82, 2.24) is 4.98 Å². The second-order valence-corrected chi connectivity index (χ2v) is 5.68. The Labute approximate surface area is 115 Å². The number of aryl methyl sites for hydroxylation is 2. The number of nitrogens with one attached hydrogen (secondary N) is 1. The predicted molar refractivity (Wildman–Crippen MR) is 78.3 cm³/mol. The highest BCUT2D eigenvalue weighted by atomic mass is 32.1. The Balaban J connectivity index is 2.17. The molecule has 19 heavy (non-hydrogen) atoms. The minimum absolute atomic E-state index is 0.310. The summed E-state index contributed by atoms with van der Waals surface area (Å²) in [5.74, 6) is -0.0775. The zero-order valence-electron chi connectivity index (χ0n) is 10.9. The van der Waals surface area contributed by atoms with E-state index < -0.39 is 5.91 Å². The molecule has 6 heteroatoms. The van der Waals surface area contributed by atoms with Gasteiger partial charge in [-0.3, -0.25) is 4.79 Å². The Bertz CT molecular complexity index is 602. The summed E-state index contributed by atoms with van der Waals surface area (Å²) in [6, 6.07) is 3.65. The molecule has 0 unspecified atom stereocenters. The van der Waals surface area contributed by atoms with Gasteiger partial charge in [0.15, 0.2) is 0 Å². The first-order valence-electron chi connectivity index (χ1n) is 5.82. The molecule has 0 radical (unpaired) electrons. The maximum atomic E-state index is 11.3. The van der Waals surface area contributed by atoms with Crippen LogP contribution in [0.3, 0.4) is 0 Å². The van der Waals surface area contributed by atoms with Crippen LogP contribution in [-0.4, -0.2) is 10.9 Å². The van der Waals surface area contributed by atoms with Crippen molar-refractivity contribution in [3.05, 3.63) is 39.2 Å². The number of nitrogen functional groups attached to an aromatic ring is 1. The number of pyridine rings is 1. The van der Waals surface area contributed by atoms with Crippen molar-refractivity contribution < 1.29 is 4.79 Å². The van der Waals surface area contributed by atoms with Crippen molar-refractivity contribution in [2.45, 2.75) is 20.4 Å². The topological polar surface area (TPSA) is 94.0 Å². The number of amides is 1. The zero-order valence-corrected chi connectivity index (χ0v) is 11.7. The van der Waals surface area contributed by atoms with Gasteiger partial charge in [0.05, 0.1) is 24.0 Å². The molecule has 0 aliphatic rings. The van der Waals surface area contributed by atoms with Gasteiger partial charge in [-0.1, -0.05) is 0 Å². The number of thiophene rings is 1. The smallest absolute Gasteiger partial charge is 0.252 e. The minimum Gasteiger partial charge on any atom is -0.397 e. The average Bonchev–Trinajstić information content (AvgIpc) is 2.67. The number of nitrogens with zero attached hydrogens (tertiary/aromatic N) is 1. The molecule has 0 spiro atoms. The first-order valence-corrected chi connectivity index (χ1v) is 6.64. The van der Waals surface area contributed by atoms with E-state index in [-0.39, 0.29) is 0 Å². The second-order valence-electron chi connectivity index (χ2n) is 4.33. The summed E-state index contributed by atoms with van der Waals surface area (Å²) < 4.78 is 0. The second kappa shape index (κ2) is 5.27. The van der Waals surface area contributed by atoms with Gasteiger partial charge in [0.2, 0.25) is 0 Å². The van der Waals surface area contributed by atoms with Crippen molar-refractivity contribution in [2.24, 2.45) is 5.73 Å². The normalized spacial score (nSPS) is 10.4. The number of hydrogen-bond acceptors (Lipinski definition) is 5. The molecule has 1 amide bonds. The van der Waals surface area contributed by atoms with Gasteiger partial charge in [-0.15, -0.1) is 11.3 Å². The minimum atomic E-state index is -0.541. The highest BCUT2D eigenvalue weighted by molar-refractivity contribution is 7.12. The lowest BCUT2D eigenvalue weighted by Crippen LogP contribution is -2.15. The number of nitrogens with two attached hydrogens (primary N) is 2. The van der Waals surface area contributed by atoms with Crippen LogP contribution in [0.5, 0.6) is 0 Å². The van der Waals surface area contributed by atoms with Crippen LogP contribution >= 0.6 is 11.3 Å². The Kier molecular flexibility index (Phi) is 3.71. The molecule has 0 saturated heterocycles. The molecule has 2 aromatic heterocycles. The standard InChI is InChI=1S/C13H16N4OS/c1-7-3-10(19-8(7)2)6-17-13-11(12(15)18)4-9(14)5-16-13/h3-5H,6,14H2,1-2H3,(H2,15,18)(H,16,17). The number of carbonyl (C=O) groups excluding carboxylic acids is 1. The maximum absolute atomic E-state index is 11.3. The summed E-state index contributed by atoms with van der Waals surface area (Å²) in [6.07, 6.45) is 1.50. The summed E-state index contributed by atoms with van der Waals surface area (Å²) in [5.41, 5.74) is 12.9. The monoisotopic (exact) mass is 276 g/mol. The molecular weight excluding hydrogens is 260 g/mol. The molecule has 0 aromatic carbocycles. The van der Waals surface area contributed by atoms with E-state index in [4.69, 9.17) is 11.5 Å². The lowest BCUT2D eigenvalue weighted by atomic mass is 10.2. The number of aromatic nitrogens is 1. The van der Waals surface area contributed by atoms with E-state index in [2.05, 4.69) is 30.2 Å². The quantitative estimate of drug-likeness (QED) is 0.796. The first kappa shape index (κ1) is 13.4. The van der Waals surface area contributed by atoms with E-state index in [9.17, 15) is 4.79 Å². The van der Waals surface area contributed by atoms with Crippen LogP contribution in [0.2, 0.25) is 0 Å². The third-order valence-corrected chi connectivity index (χ3v) is 3.97. The fourth-order valence-corrected chi connectivity index (χ4v) is 2.71.